The van der Waals surface area contributed by atoms with Crippen LogP contribution in [-0.4, -0.2) is 44.4 Å². The molecule has 0 aliphatic heterocycles. The predicted molar refractivity (Wildman–Crippen MR) is 138 cm³/mol. The van der Waals surface area contributed by atoms with Crippen LogP contribution in [-0.2, 0) is 4.79 Å². The number of hydrogen-bond acceptors (Lipinski definition) is 7. The number of amides is 1. The second-order valence-corrected chi connectivity index (χ2v) is 9.56. The van der Waals surface area contributed by atoms with E-state index in [1.165, 1.54) is 37.2 Å². The van der Waals surface area contributed by atoms with Gasteiger partial charge in [-0.3, -0.25) is 9.36 Å². The molecule has 0 bridgehead atoms. The number of benzene rings is 2. The summed E-state index contributed by atoms with van der Waals surface area (Å²) in [7, 11) is 0. The molecule has 1 heterocycles. The van der Waals surface area contributed by atoms with Crippen molar-refractivity contribution >= 4 is 35.5 Å². The zero-order valence-corrected chi connectivity index (χ0v) is 21.1. The van der Waals surface area contributed by atoms with E-state index in [0.29, 0.717) is 34.1 Å². The van der Waals surface area contributed by atoms with Crippen molar-refractivity contribution in [2.45, 2.75) is 50.2 Å². The van der Waals surface area contributed by atoms with Crippen LogP contribution in [0.25, 0.3) is 11.4 Å². The van der Waals surface area contributed by atoms with Crippen molar-refractivity contribution in [2.24, 2.45) is 5.10 Å². The molecule has 0 atom stereocenters. The van der Waals surface area contributed by atoms with Crippen molar-refractivity contribution in [1.82, 2.24) is 20.2 Å². The van der Waals surface area contributed by atoms with Gasteiger partial charge >= 0.3 is 0 Å². The van der Waals surface area contributed by atoms with E-state index in [2.05, 4.69) is 25.3 Å². The molecule has 0 spiro atoms. The number of aromatic nitrogens is 3. The maximum Gasteiger partial charge on any atom is 0.250 e. The number of aromatic hydroxyl groups is 1. The lowest BCUT2D eigenvalue weighted by Crippen LogP contribution is -2.20. The first-order valence-corrected chi connectivity index (χ1v) is 13.0. The van der Waals surface area contributed by atoms with Crippen LogP contribution in [0.4, 0.5) is 0 Å². The summed E-state index contributed by atoms with van der Waals surface area (Å²) in [6, 6.07) is 13.0. The number of nitrogens with one attached hydrogen (secondary N) is 1. The second-order valence-electron chi connectivity index (χ2n) is 8.18. The largest absolute Gasteiger partial charge is 0.504 e. The fraction of sp³-hybridized carbons (Fsp3) is 0.360. The number of hydrazone groups is 1. The van der Waals surface area contributed by atoms with Gasteiger partial charge < -0.3 is 9.84 Å². The molecule has 1 aromatic heterocycles. The minimum Gasteiger partial charge on any atom is -0.504 e. The lowest BCUT2D eigenvalue weighted by Gasteiger charge is -2.25. The Kier molecular flexibility index (Phi) is 8.65. The summed E-state index contributed by atoms with van der Waals surface area (Å²) in [5.74, 6) is 0.999. The van der Waals surface area contributed by atoms with E-state index in [1.807, 2.05) is 31.2 Å². The molecule has 8 nitrogen and oxygen atoms in total. The van der Waals surface area contributed by atoms with Crippen LogP contribution in [0, 0.1) is 0 Å². The molecular weight excluding hydrogens is 486 g/mol. The van der Waals surface area contributed by atoms with Crippen molar-refractivity contribution in [3.8, 4) is 22.9 Å². The molecule has 35 heavy (non-hydrogen) atoms. The molecule has 0 radical (unpaired) electrons. The number of nitrogens with zero attached hydrogens (tertiary/aromatic N) is 4. The highest BCUT2D eigenvalue weighted by molar-refractivity contribution is 7.99. The Morgan fingerprint density at radius 1 is 1.23 bits per heavy atom. The van der Waals surface area contributed by atoms with E-state index < -0.39 is 0 Å². The molecule has 2 aromatic carbocycles. The molecule has 0 saturated heterocycles. The average Bonchev–Trinajstić information content (AvgIpc) is 3.30. The first-order chi connectivity index (χ1) is 17.1. The van der Waals surface area contributed by atoms with Gasteiger partial charge in [0.25, 0.3) is 5.91 Å². The zero-order valence-electron chi connectivity index (χ0n) is 19.5. The molecule has 4 rings (SSSR count). The first-order valence-electron chi connectivity index (χ1n) is 11.7. The van der Waals surface area contributed by atoms with E-state index in [-0.39, 0.29) is 17.4 Å². The molecule has 10 heteroatoms. The smallest absolute Gasteiger partial charge is 0.250 e. The van der Waals surface area contributed by atoms with Gasteiger partial charge in [-0.2, -0.15) is 5.10 Å². The zero-order chi connectivity index (χ0) is 24.6. The Hall–Kier alpha value is -3.04. The number of phenolic OH excluding ortho intramolecular Hbond substituents is 1. The van der Waals surface area contributed by atoms with Gasteiger partial charge in [0.2, 0.25) is 0 Å². The minimum absolute atomic E-state index is 0.0166. The van der Waals surface area contributed by atoms with Crippen LogP contribution in [0.2, 0.25) is 5.02 Å². The van der Waals surface area contributed by atoms with Gasteiger partial charge in [0.1, 0.15) is 0 Å². The highest BCUT2D eigenvalue weighted by Crippen LogP contribution is 2.35. The number of phenols is 1. The van der Waals surface area contributed by atoms with Gasteiger partial charge in [-0.15, -0.1) is 10.2 Å². The molecule has 1 saturated carbocycles. The number of hydrogen-bond donors (Lipinski definition) is 2. The Bertz CT molecular complexity index is 1180. The number of carbonyl (C=O) groups excluding carboxylic acids is 1. The van der Waals surface area contributed by atoms with Gasteiger partial charge in [-0.05, 0) is 56.2 Å². The summed E-state index contributed by atoms with van der Waals surface area (Å²) in [6.45, 7) is 2.28. The number of rotatable bonds is 9. The molecule has 1 fully saturated rings. The van der Waals surface area contributed by atoms with E-state index in [0.717, 1.165) is 24.2 Å². The average molecular weight is 514 g/mol. The van der Waals surface area contributed by atoms with Crippen molar-refractivity contribution in [3.05, 3.63) is 53.1 Å². The van der Waals surface area contributed by atoms with Crippen LogP contribution in [0.3, 0.4) is 0 Å². The fourth-order valence-electron chi connectivity index (χ4n) is 4.09. The van der Waals surface area contributed by atoms with Gasteiger partial charge in [0, 0.05) is 22.2 Å². The van der Waals surface area contributed by atoms with E-state index >= 15 is 0 Å². The number of ether oxygens (including phenoxy) is 1. The van der Waals surface area contributed by atoms with Crippen LogP contribution in [0.1, 0.15) is 50.6 Å². The lowest BCUT2D eigenvalue weighted by atomic mass is 9.95. The third kappa shape index (κ3) is 6.35. The van der Waals surface area contributed by atoms with Crippen LogP contribution < -0.4 is 10.2 Å². The Morgan fingerprint density at radius 2 is 2.00 bits per heavy atom. The van der Waals surface area contributed by atoms with Crippen LogP contribution in [0.15, 0.2) is 52.7 Å². The Morgan fingerprint density at radius 3 is 2.74 bits per heavy atom. The molecule has 3 aromatic rings. The van der Waals surface area contributed by atoms with E-state index in [4.69, 9.17) is 16.3 Å². The van der Waals surface area contributed by atoms with Crippen molar-refractivity contribution in [3.63, 3.8) is 0 Å². The summed E-state index contributed by atoms with van der Waals surface area (Å²) in [5, 5.41) is 24.5. The molecule has 1 aliphatic rings. The maximum atomic E-state index is 12.5. The van der Waals surface area contributed by atoms with Gasteiger partial charge in [-0.25, -0.2) is 5.43 Å². The van der Waals surface area contributed by atoms with Gasteiger partial charge in [0.05, 0.1) is 18.6 Å². The summed E-state index contributed by atoms with van der Waals surface area (Å²) in [5.41, 5.74) is 3.91. The highest BCUT2D eigenvalue weighted by atomic mass is 35.5. The number of thioether (sulfide) groups is 1. The normalized spacial score (nSPS) is 14.3. The molecule has 1 amide bonds. The van der Waals surface area contributed by atoms with Crippen molar-refractivity contribution in [1.29, 1.82) is 0 Å². The van der Waals surface area contributed by atoms with Crippen molar-refractivity contribution in [2.75, 3.05) is 12.4 Å². The summed E-state index contributed by atoms with van der Waals surface area (Å²) in [4.78, 5) is 12.5. The van der Waals surface area contributed by atoms with Crippen LogP contribution >= 0.6 is 23.4 Å². The molecule has 0 unspecified atom stereocenters. The Balaban J connectivity index is 1.43. The maximum absolute atomic E-state index is 12.5. The monoisotopic (exact) mass is 513 g/mol. The van der Waals surface area contributed by atoms with Crippen LogP contribution in [0.5, 0.6) is 11.5 Å². The second kappa shape index (κ2) is 12.1. The fourth-order valence-corrected chi connectivity index (χ4v) is 5.02. The number of para-hydroxylation sites is 1. The number of carbonyl (C=O) groups is 1. The standard InChI is InChI=1S/C25H28ClN5O3S/c1-2-34-21-10-6-7-18(23(21)33)15-27-28-22(32)16-35-25-30-29-24(17-11-13-19(26)14-12-17)31(25)20-8-4-3-5-9-20/h6-7,10-15,20,33H,2-5,8-9,16H2,1H3,(H,28,32)/b27-15-. The quantitative estimate of drug-likeness (QED) is 0.224. The third-order valence-corrected chi connectivity index (χ3v) is 6.96. The Labute approximate surface area is 213 Å². The van der Waals surface area contributed by atoms with Gasteiger partial charge in [-0.1, -0.05) is 48.7 Å². The molecule has 1 aliphatic carbocycles. The lowest BCUT2D eigenvalue weighted by molar-refractivity contribution is -0.118. The summed E-state index contributed by atoms with van der Waals surface area (Å²) >= 11 is 7.40. The highest BCUT2D eigenvalue weighted by Gasteiger charge is 2.24. The number of halogens is 1. The van der Waals surface area contributed by atoms with E-state index in [9.17, 15) is 9.90 Å². The SMILES string of the molecule is CCOc1cccc(/C=N\NC(=O)CSc2nnc(-c3ccc(Cl)cc3)n2C2CCCCC2)c1O. The third-order valence-electron chi connectivity index (χ3n) is 5.76. The predicted octanol–water partition coefficient (Wildman–Crippen LogP) is 5.45. The minimum atomic E-state index is -0.280. The molecule has 184 valence electrons. The summed E-state index contributed by atoms with van der Waals surface area (Å²) < 4.78 is 7.54. The van der Waals surface area contributed by atoms with Gasteiger partial charge in [0.15, 0.2) is 22.5 Å². The first kappa shape index (κ1) is 25.1. The molecular formula is C25H28ClN5O3S. The van der Waals surface area contributed by atoms with E-state index in [1.54, 1.807) is 18.2 Å². The topological polar surface area (TPSA) is 102 Å². The summed E-state index contributed by atoms with van der Waals surface area (Å²) in [6.07, 6.45) is 7.09. The van der Waals surface area contributed by atoms with Crippen molar-refractivity contribution < 1.29 is 14.6 Å². The molecule has 2 N–H and O–H groups in total.